The zero-order chi connectivity index (χ0) is 10.2. The average molecular weight is 191 g/mol. The Hall–Kier alpha value is -0.960. The van der Waals surface area contributed by atoms with E-state index in [0.29, 0.717) is 17.4 Å². The molecule has 0 amide bonds. The number of rotatable bonds is 3. The lowest BCUT2D eigenvalue weighted by molar-refractivity contribution is 0.432. The second-order valence-corrected chi connectivity index (χ2v) is 4.70. The van der Waals surface area contributed by atoms with Crippen LogP contribution < -0.4 is 5.32 Å². The van der Waals surface area contributed by atoms with Crippen molar-refractivity contribution in [2.45, 2.75) is 26.3 Å². The van der Waals surface area contributed by atoms with E-state index >= 15 is 0 Å². The molecular weight excluding hydrogens is 174 g/mol. The molecule has 1 aromatic heterocycles. The molecule has 76 valence electrons. The van der Waals surface area contributed by atoms with Crippen molar-refractivity contribution in [3.8, 4) is 0 Å². The smallest absolute Gasteiger partial charge is 0.0758 e. The van der Waals surface area contributed by atoms with E-state index < -0.39 is 0 Å². The normalized spacial score (nSPS) is 25.8. The molecule has 1 aliphatic rings. The number of aromatic nitrogens is 2. The standard InChI is InChI=1S/C11H17N3/c1-11(2)6-8(11)10(12-3)9-7-13-4-5-14-9/h4-5,7-8,10,12H,6H2,1-3H3. The lowest BCUT2D eigenvalue weighted by atomic mass is 10.0. The minimum absolute atomic E-state index is 0.360. The first kappa shape index (κ1) is 9.59. The quantitative estimate of drug-likeness (QED) is 0.791. The fourth-order valence-electron chi connectivity index (χ4n) is 2.10. The van der Waals surface area contributed by atoms with Gasteiger partial charge in [0.2, 0.25) is 0 Å². The van der Waals surface area contributed by atoms with Crippen LogP contribution in [-0.2, 0) is 0 Å². The Kier molecular flexibility index (Phi) is 2.27. The Bertz CT molecular complexity index is 308. The minimum atomic E-state index is 0.360. The van der Waals surface area contributed by atoms with E-state index in [0.717, 1.165) is 5.69 Å². The van der Waals surface area contributed by atoms with Crippen LogP contribution in [0.1, 0.15) is 32.0 Å². The van der Waals surface area contributed by atoms with Gasteiger partial charge in [-0.3, -0.25) is 9.97 Å². The predicted molar refractivity (Wildman–Crippen MR) is 55.7 cm³/mol. The molecule has 3 nitrogen and oxygen atoms in total. The van der Waals surface area contributed by atoms with Gasteiger partial charge in [-0.25, -0.2) is 0 Å². The molecule has 3 heteroatoms. The Morgan fingerprint density at radius 1 is 1.50 bits per heavy atom. The fourth-order valence-corrected chi connectivity index (χ4v) is 2.10. The molecule has 1 fully saturated rings. The summed E-state index contributed by atoms with van der Waals surface area (Å²) in [6.45, 7) is 4.61. The number of nitrogens with zero attached hydrogens (tertiary/aromatic N) is 2. The van der Waals surface area contributed by atoms with Crippen LogP contribution in [0.2, 0.25) is 0 Å². The Balaban J connectivity index is 2.16. The second kappa shape index (κ2) is 3.31. The Morgan fingerprint density at radius 2 is 2.21 bits per heavy atom. The van der Waals surface area contributed by atoms with Crippen LogP contribution in [0.5, 0.6) is 0 Å². The molecule has 0 spiro atoms. The van der Waals surface area contributed by atoms with Gasteiger partial charge in [0.15, 0.2) is 0 Å². The highest BCUT2D eigenvalue weighted by atomic mass is 15.0. The summed E-state index contributed by atoms with van der Waals surface area (Å²) in [6, 6.07) is 0.360. The zero-order valence-corrected chi connectivity index (χ0v) is 8.99. The maximum Gasteiger partial charge on any atom is 0.0758 e. The first-order chi connectivity index (χ1) is 6.65. The van der Waals surface area contributed by atoms with E-state index in [1.807, 2.05) is 13.2 Å². The van der Waals surface area contributed by atoms with Gasteiger partial charge in [-0.05, 0) is 24.8 Å². The molecule has 14 heavy (non-hydrogen) atoms. The van der Waals surface area contributed by atoms with Crippen molar-refractivity contribution in [1.82, 2.24) is 15.3 Å². The van der Waals surface area contributed by atoms with Gasteiger partial charge < -0.3 is 5.32 Å². The fraction of sp³-hybridized carbons (Fsp3) is 0.636. The topological polar surface area (TPSA) is 37.8 Å². The summed E-state index contributed by atoms with van der Waals surface area (Å²) in [5.41, 5.74) is 1.52. The zero-order valence-electron chi connectivity index (χ0n) is 8.99. The SMILES string of the molecule is CNC(c1cnccn1)C1CC1(C)C. The highest BCUT2D eigenvalue weighted by molar-refractivity contribution is 5.12. The van der Waals surface area contributed by atoms with Crippen LogP contribution in [-0.4, -0.2) is 17.0 Å². The molecule has 0 aliphatic heterocycles. The molecule has 1 heterocycles. The van der Waals surface area contributed by atoms with Gasteiger partial charge in [-0.1, -0.05) is 13.8 Å². The summed E-state index contributed by atoms with van der Waals surface area (Å²) >= 11 is 0. The molecule has 0 bridgehead atoms. The van der Waals surface area contributed by atoms with Gasteiger partial charge in [0.05, 0.1) is 11.7 Å². The molecule has 0 radical (unpaired) electrons. The van der Waals surface area contributed by atoms with Crippen molar-refractivity contribution in [3.63, 3.8) is 0 Å². The largest absolute Gasteiger partial charge is 0.311 e. The molecule has 1 aromatic rings. The number of hydrogen-bond donors (Lipinski definition) is 1. The first-order valence-corrected chi connectivity index (χ1v) is 5.08. The summed E-state index contributed by atoms with van der Waals surface area (Å²) in [5, 5.41) is 3.33. The van der Waals surface area contributed by atoms with Crippen LogP contribution in [0.4, 0.5) is 0 Å². The molecule has 1 N–H and O–H groups in total. The average Bonchev–Trinajstić information content (AvgIpc) is 2.78. The third kappa shape index (κ3) is 1.64. The molecule has 2 rings (SSSR count). The van der Waals surface area contributed by atoms with Crippen molar-refractivity contribution in [2.24, 2.45) is 11.3 Å². The molecule has 0 saturated heterocycles. The molecule has 1 aliphatic carbocycles. The second-order valence-electron chi connectivity index (χ2n) is 4.70. The van der Waals surface area contributed by atoms with Crippen molar-refractivity contribution in [3.05, 3.63) is 24.3 Å². The van der Waals surface area contributed by atoms with E-state index in [2.05, 4.69) is 29.1 Å². The van der Waals surface area contributed by atoms with Crippen molar-refractivity contribution >= 4 is 0 Å². The lowest BCUT2D eigenvalue weighted by Gasteiger charge is -2.16. The van der Waals surface area contributed by atoms with Gasteiger partial charge in [0, 0.05) is 18.6 Å². The molecular formula is C11H17N3. The van der Waals surface area contributed by atoms with Crippen LogP contribution in [0.25, 0.3) is 0 Å². The van der Waals surface area contributed by atoms with Crippen LogP contribution >= 0.6 is 0 Å². The number of hydrogen-bond acceptors (Lipinski definition) is 3. The lowest BCUT2D eigenvalue weighted by Crippen LogP contribution is -2.21. The summed E-state index contributed by atoms with van der Waals surface area (Å²) < 4.78 is 0. The van der Waals surface area contributed by atoms with Gasteiger partial charge in [-0.2, -0.15) is 0 Å². The third-order valence-electron chi connectivity index (χ3n) is 3.20. The highest BCUT2D eigenvalue weighted by Gasteiger charge is 2.50. The number of nitrogens with one attached hydrogen (secondary N) is 1. The summed E-state index contributed by atoms with van der Waals surface area (Å²) in [4.78, 5) is 8.46. The summed E-state index contributed by atoms with van der Waals surface area (Å²) in [5.74, 6) is 0.698. The molecule has 0 aromatic carbocycles. The molecule has 1 saturated carbocycles. The highest BCUT2D eigenvalue weighted by Crippen LogP contribution is 2.57. The van der Waals surface area contributed by atoms with Crippen LogP contribution in [0, 0.1) is 11.3 Å². The maximum absolute atomic E-state index is 4.35. The van der Waals surface area contributed by atoms with E-state index in [-0.39, 0.29) is 0 Å². The van der Waals surface area contributed by atoms with Crippen LogP contribution in [0.15, 0.2) is 18.6 Å². The summed E-state index contributed by atoms with van der Waals surface area (Å²) in [7, 11) is 1.99. The minimum Gasteiger partial charge on any atom is -0.311 e. The van der Waals surface area contributed by atoms with Gasteiger partial charge >= 0.3 is 0 Å². The van der Waals surface area contributed by atoms with E-state index in [9.17, 15) is 0 Å². The monoisotopic (exact) mass is 191 g/mol. The van der Waals surface area contributed by atoms with Crippen molar-refractivity contribution in [1.29, 1.82) is 0 Å². The van der Waals surface area contributed by atoms with E-state index in [1.165, 1.54) is 6.42 Å². The maximum atomic E-state index is 4.35. The van der Waals surface area contributed by atoms with E-state index in [4.69, 9.17) is 0 Å². The Labute approximate surface area is 85.0 Å². The molecule has 2 unspecified atom stereocenters. The first-order valence-electron chi connectivity index (χ1n) is 5.08. The van der Waals surface area contributed by atoms with Crippen LogP contribution in [0.3, 0.4) is 0 Å². The van der Waals surface area contributed by atoms with Gasteiger partial charge in [-0.15, -0.1) is 0 Å². The van der Waals surface area contributed by atoms with Gasteiger partial charge in [0.25, 0.3) is 0 Å². The van der Waals surface area contributed by atoms with Crippen molar-refractivity contribution < 1.29 is 0 Å². The van der Waals surface area contributed by atoms with Gasteiger partial charge in [0.1, 0.15) is 0 Å². The summed E-state index contributed by atoms with van der Waals surface area (Å²) in [6.07, 6.45) is 6.61. The molecule has 2 atom stereocenters. The third-order valence-corrected chi connectivity index (χ3v) is 3.20. The Morgan fingerprint density at radius 3 is 2.64 bits per heavy atom. The van der Waals surface area contributed by atoms with E-state index in [1.54, 1.807) is 12.4 Å². The predicted octanol–water partition coefficient (Wildman–Crippen LogP) is 1.78. The van der Waals surface area contributed by atoms with Crippen molar-refractivity contribution in [2.75, 3.05) is 7.05 Å².